The Hall–Kier alpha value is -1.14. The number of hydrogen-bond donors (Lipinski definition) is 1. The summed E-state index contributed by atoms with van der Waals surface area (Å²) in [4.78, 5) is 0. The van der Waals surface area contributed by atoms with Gasteiger partial charge in [-0.15, -0.1) is 5.10 Å². The Kier molecular flexibility index (Phi) is 3.40. The van der Waals surface area contributed by atoms with Crippen molar-refractivity contribution in [1.82, 2.24) is 15.0 Å². The second kappa shape index (κ2) is 4.80. The van der Waals surface area contributed by atoms with Gasteiger partial charge in [-0.25, -0.2) is 4.68 Å². The predicted octanol–water partition coefficient (Wildman–Crippen LogP) is 2.13. The van der Waals surface area contributed by atoms with Gasteiger partial charge in [0.2, 0.25) is 0 Å². The van der Waals surface area contributed by atoms with Crippen LogP contribution in [-0.4, -0.2) is 20.1 Å². The molecule has 1 N–H and O–H groups in total. The molecule has 1 unspecified atom stereocenters. The van der Waals surface area contributed by atoms with E-state index in [0.29, 0.717) is 15.9 Å². The largest absolute Gasteiger partial charge is 0.457 e. The zero-order valence-electron chi connectivity index (χ0n) is 8.80. The van der Waals surface area contributed by atoms with Gasteiger partial charge >= 0.3 is 0 Å². The molecule has 2 aromatic heterocycles. The van der Waals surface area contributed by atoms with Gasteiger partial charge in [-0.3, -0.25) is 0 Å². The van der Waals surface area contributed by atoms with E-state index in [-0.39, 0.29) is 0 Å². The molecule has 0 aliphatic rings. The summed E-state index contributed by atoms with van der Waals surface area (Å²) in [7, 11) is 0. The Bertz CT molecular complexity index is 466. The van der Waals surface area contributed by atoms with Crippen molar-refractivity contribution in [3.63, 3.8) is 0 Å². The van der Waals surface area contributed by atoms with Crippen molar-refractivity contribution in [2.45, 2.75) is 26.0 Å². The predicted molar refractivity (Wildman–Crippen MR) is 60.8 cm³/mol. The number of furan rings is 1. The van der Waals surface area contributed by atoms with E-state index >= 15 is 0 Å². The van der Waals surface area contributed by atoms with Gasteiger partial charge in [-0.2, -0.15) is 0 Å². The average molecular weight is 286 g/mol. The van der Waals surface area contributed by atoms with E-state index in [9.17, 15) is 5.11 Å². The fraction of sp³-hybridized carbons (Fsp3) is 0.400. The van der Waals surface area contributed by atoms with E-state index in [1.54, 1.807) is 16.9 Å². The zero-order valence-corrected chi connectivity index (χ0v) is 10.4. The first kappa shape index (κ1) is 11.3. The van der Waals surface area contributed by atoms with Crippen LogP contribution < -0.4 is 0 Å². The maximum absolute atomic E-state index is 10.2. The lowest BCUT2D eigenvalue weighted by molar-refractivity contribution is 0.205. The third kappa shape index (κ3) is 2.03. The third-order valence-electron chi connectivity index (χ3n) is 2.30. The molecule has 6 heteroatoms. The average Bonchev–Trinajstić information content (AvgIpc) is 2.87. The van der Waals surface area contributed by atoms with Crippen molar-refractivity contribution in [3.8, 4) is 0 Å². The van der Waals surface area contributed by atoms with Crippen molar-refractivity contribution in [3.05, 3.63) is 34.5 Å². The minimum Gasteiger partial charge on any atom is -0.457 e. The summed E-state index contributed by atoms with van der Waals surface area (Å²) < 4.78 is 7.32. The molecule has 1 atom stereocenters. The fourth-order valence-corrected chi connectivity index (χ4v) is 1.98. The first-order valence-corrected chi connectivity index (χ1v) is 5.82. The minimum absolute atomic E-state index is 0.532. The minimum atomic E-state index is -0.769. The molecule has 0 spiro atoms. The van der Waals surface area contributed by atoms with E-state index in [1.165, 1.54) is 6.26 Å². The molecule has 0 saturated carbocycles. The van der Waals surface area contributed by atoms with Gasteiger partial charge < -0.3 is 9.52 Å². The van der Waals surface area contributed by atoms with Crippen molar-refractivity contribution < 1.29 is 9.52 Å². The summed E-state index contributed by atoms with van der Waals surface area (Å²) in [6.07, 6.45) is 3.26. The lowest BCUT2D eigenvalue weighted by Gasteiger charge is -2.10. The zero-order chi connectivity index (χ0) is 11.5. The molecule has 0 radical (unpaired) electrons. The first-order valence-electron chi connectivity index (χ1n) is 5.03. The van der Waals surface area contributed by atoms with Gasteiger partial charge in [0.25, 0.3) is 0 Å². The molecule has 0 aliphatic carbocycles. The first-order chi connectivity index (χ1) is 7.74. The fourth-order valence-electron chi connectivity index (χ4n) is 1.52. The molecule has 0 aromatic carbocycles. The Morgan fingerprint density at radius 2 is 2.44 bits per heavy atom. The van der Waals surface area contributed by atoms with Gasteiger partial charge in [0, 0.05) is 12.1 Å². The monoisotopic (exact) mass is 285 g/mol. The Morgan fingerprint density at radius 1 is 1.62 bits per heavy atom. The van der Waals surface area contributed by atoms with Crippen LogP contribution in [0, 0.1) is 0 Å². The van der Waals surface area contributed by atoms with Gasteiger partial charge in [0.1, 0.15) is 6.10 Å². The summed E-state index contributed by atoms with van der Waals surface area (Å²) in [5, 5.41) is 17.9. The number of hydrogen-bond acceptors (Lipinski definition) is 4. The van der Waals surface area contributed by atoms with Crippen molar-refractivity contribution in [2.75, 3.05) is 0 Å². The van der Waals surface area contributed by atoms with Gasteiger partial charge in [-0.1, -0.05) is 12.1 Å². The van der Waals surface area contributed by atoms with Crippen LogP contribution in [-0.2, 0) is 6.54 Å². The van der Waals surface area contributed by atoms with E-state index in [2.05, 4.69) is 26.2 Å². The highest BCUT2D eigenvalue weighted by atomic mass is 79.9. The summed E-state index contributed by atoms with van der Waals surface area (Å²) in [5.74, 6) is 0. The quantitative estimate of drug-likeness (QED) is 0.935. The Labute approximate surface area is 101 Å². The maximum atomic E-state index is 10.2. The van der Waals surface area contributed by atoms with Gasteiger partial charge in [0.15, 0.2) is 4.67 Å². The summed E-state index contributed by atoms with van der Waals surface area (Å²) in [5.41, 5.74) is 1.35. The lowest BCUT2D eigenvalue weighted by atomic mass is 10.1. The van der Waals surface area contributed by atoms with Crippen LogP contribution in [0.25, 0.3) is 0 Å². The number of aliphatic hydroxyl groups excluding tert-OH is 1. The third-order valence-corrected chi connectivity index (χ3v) is 2.95. The van der Waals surface area contributed by atoms with Gasteiger partial charge in [-0.05, 0) is 28.4 Å². The smallest absolute Gasteiger partial charge is 0.175 e. The highest BCUT2D eigenvalue weighted by Gasteiger charge is 2.20. The van der Waals surface area contributed by atoms with Crippen molar-refractivity contribution >= 4 is 15.9 Å². The highest BCUT2D eigenvalue weighted by Crippen LogP contribution is 2.28. The van der Waals surface area contributed by atoms with Crippen LogP contribution in [0.15, 0.2) is 27.6 Å². The van der Waals surface area contributed by atoms with Crippen LogP contribution >= 0.6 is 15.9 Å². The molecular weight excluding hydrogens is 274 g/mol. The molecule has 0 fully saturated rings. The molecule has 16 heavy (non-hydrogen) atoms. The van der Waals surface area contributed by atoms with Gasteiger partial charge in [0.05, 0.1) is 18.2 Å². The van der Waals surface area contributed by atoms with E-state index < -0.39 is 6.10 Å². The van der Waals surface area contributed by atoms with Crippen LogP contribution in [0.1, 0.15) is 30.7 Å². The van der Waals surface area contributed by atoms with E-state index in [1.807, 2.05) is 6.92 Å². The molecule has 86 valence electrons. The van der Waals surface area contributed by atoms with Crippen molar-refractivity contribution in [2.24, 2.45) is 0 Å². The molecule has 0 amide bonds. The van der Waals surface area contributed by atoms with Crippen LogP contribution in [0.5, 0.6) is 0 Å². The molecule has 2 aromatic rings. The molecule has 0 bridgehead atoms. The number of nitrogens with zero attached hydrogens (tertiary/aromatic N) is 3. The Morgan fingerprint density at radius 3 is 3.06 bits per heavy atom. The van der Waals surface area contributed by atoms with Crippen LogP contribution in [0.2, 0.25) is 0 Å². The molecule has 2 heterocycles. The lowest BCUT2D eigenvalue weighted by Crippen LogP contribution is -2.09. The molecular formula is C10H12BrN3O2. The summed E-state index contributed by atoms with van der Waals surface area (Å²) >= 11 is 3.24. The van der Waals surface area contributed by atoms with Crippen LogP contribution in [0.3, 0.4) is 0 Å². The van der Waals surface area contributed by atoms with Crippen molar-refractivity contribution in [1.29, 1.82) is 0 Å². The van der Waals surface area contributed by atoms with Crippen LogP contribution in [0.4, 0.5) is 0 Å². The molecule has 2 rings (SSSR count). The molecule has 5 nitrogen and oxygen atoms in total. The standard InChI is InChI=1S/C10H12BrN3O2/c1-2-4-14-8(6-12-13-14)9(15)7-3-5-16-10(7)11/h3,5-6,9,15H,2,4H2,1H3. The molecule has 0 aliphatic heterocycles. The maximum Gasteiger partial charge on any atom is 0.175 e. The normalized spacial score (nSPS) is 12.9. The SMILES string of the molecule is CCCn1nncc1C(O)c1ccoc1Br. The number of halogens is 1. The van der Waals surface area contributed by atoms with E-state index in [4.69, 9.17) is 4.42 Å². The number of aryl methyl sites for hydroxylation is 1. The number of aromatic nitrogens is 3. The number of rotatable bonds is 4. The topological polar surface area (TPSA) is 64.1 Å². The van der Waals surface area contributed by atoms with E-state index in [0.717, 1.165) is 13.0 Å². The summed E-state index contributed by atoms with van der Waals surface area (Å²) in [6.45, 7) is 2.79. The summed E-state index contributed by atoms with van der Waals surface area (Å²) in [6, 6.07) is 1.72. The second-order valence-corrected chi connectivity index (χ2v) is 4.15. The number of aliphatic hydroxyl groups is 1. The Balaban J connectivity index is 2.30. The highest BCUT2D eigenvalue weighted by molar-refractivity contribution is 9.10. The molecule has 0 saturated heterocycles. The second-order valence-electron chi connectivity index (χ2n) is 3.43.